The van der Waals surface area contributed by atoms with Crippen LogP contribution in [0.15, 0.2) is 96.0 Å². The fourth-order valence-corrected chi connectivity index (χ4v) is 6.09. The van der Waals surface area contributed by atoms with Gasteiger partial charge in [0.2, 0.25) is 0 Å². The molecule has 1 nitrogen and oxygen atoms in total. The predicted molar refractivity (Wildman–Crippen MR) is 158 cm³/mol. The van der Waals surface area contributed by atoms with Crippen LogP contribution in [0.4, 0.5) is 0 Å². The van der Waals surface area contributed by atoms with E-state index in [4.69, 9.17) is 16.6 Å². The Morgan fingerprint density at radius 2 is 1.32 bits per heavy atom. The summed E-state index contributed by atoms with van der Waals surface area (Å²) in [7, 11) is 0. The second-order valence-corrected chi connectivity index (χ2v) is 11.6. The monoisotopic (exact) mass is 679 g/mol. The first kappa shape index (κ1) is 34.9. The fourth-order valence-electron chi connectivity index (χ4n) is 3.92. The summed E-state index contributed by atoms with van der Waals surface area (Å²) >= 11 is 6.46. The molecule has 0 fully saturated rings. The van der Waals surface area contributed by atoms with Crippen molar-refractivity contribution < 1.29 is 33.0 Å². The van der Waals surface area contributed by atoms with Crippen LogP contribution in [0.25, 0.3) is 0 Å². The molecule has 1 aliphatic heterocycles. The van der Waals surface area contributed by atoms with E-state index in [0.717, 1.165) is 24.3 Å². The topological polar surface area (TPSA) is 12.4 Å². The molecule has 0 amide bonds. The number of hydrogen-bond donors (Lipinski definition) is 0. The van der Waals surface area contributed by atoms with Crippen LogP contribution in [0.1, 0.15) is 69.8 Å². The van der Waals surface area contributed by atoms with Gasteiger partial charge in [0.1, 0.15) is 0 Å². The quantitative estimate of drug-likeness (QED) is 0.174. The van der Waals surface area contributed by atoms with Crippen molar-refractivity contribution in [3.8, 4) is 0 Å². The first-order valence-corrected chi connectivity index (χ1v) is 15.7. The van der Waals surface area contributed by atoms with E-state index < -0.39 is 0 Å². The summed E-state index contributed by atoms with van der Waals surface area (Å²) in [5.74, 6) is 0. The third-order valence-corrected chi connectivity index (χ3v) is 8.58. The van der Waals surface area contributed by atoms with Crippen LogP contribution in [0.2, 0.25) is 10.3 Å². The van der Waals surface area contributed by atoms with E-state index in [9.17, 15) is 0 Å². The minimum Gasteiger partial charge on any atom is -0.500 e. The molecular weight excluding hydrogens is 642 g/mol. The van der Waals surface area contributed by atoms with Crippen LogP contribution in [0.3, 0.4) is 0 Å². The number of nitrogens with zero attached hydrogens (tertiary/aromatic N) is 1. The van der Waals surface area contributed by atoms with Crippen molar-refractivity contribution in [3.05, 3.63) is 114 Å². The minimum absolute atomic E-state index is 0. The van der Waals surface area contributed by atoms with E-state index in [0.29, 0.717) is 21.0 Å². The van der Waals surface area contributed by atoms with Gasteiger partial charge in [-0.1, -0.05) is 50.0 Å². The Balaban J connectivity index is 0.000000334. The standard InChI is InChI=1S/C17H16ClNSe.2C8H11.2Ni/c18-14-8-6-13(7-9-14)17-11-10-15(19-17)12-20-16-4-2-1-3-5-16;2*1-2-4-6-8-7-5-3-1;;/h1-9,15H,10-12H2;2*1-2,7H,3-6H2;;/q;2*-1;;. The van der Waals surface area contributed by atoms with Gasteiger partial charge < -0.3 is 12.2 Å². The smallest absolute Gasteiger partial charge is 0 e. The average molecular weight is 680 g/mol. The Hall–Kier alpha value is -1.13. The number of aliphatic imine (C=N–C) groups is 1. The van der Waals surface area contributed by atoms with Crippen LogP contribution in [-0.4, -0.2) is 26.7 Å². The zero-order chi connectivity index (χ0) is 25.1. The van der Waals surface area contributed by atoms with Crippen molar-refractivity contribution in [1.29, 1.82) is 0 Å². The normalized spacial score (nSPS) is 17.9. The van der Waals surface area contributed by atoms with Crippen molar-refractivity contribution in [2.24, 2.45) is 4.99 Å². The van der Waals surface area contributed by atoms with Crippen LogP contribution >= 0.6 is 11.6 Å². The SMILES string of the molecule is Clc1ccc(C2=NC(C[Se]c3ccccc3)CC2)cc1.[C-]1=CCCC=CCC1.[C-]1=CCCC=CCC1.[Ni].[Ni]. The molecule has 3 aliphatic rings. The van der Waals surface area contributed by atoms with Gasteiger partial charge in [0, 0.05) is 33.0 Å². The Morgan fingerprint density at radius 1 is 0.737 bits per heavy atom. The number of allylic oxidation sites excluding steroid dienone is 8. The molecule has 2 aromatic rings. The summed E-state index contributed by atoms with van der Waals surface area (Å²) in [5.41, 5.74) is 2.47. The predicted octanol–water partition coefficient (Wildman–Crippen LogP) is 8.69. The third-order valence-electron chi connectivity index (χ3n) is 5.90. The molecule has 1 atom stereocenters. The number of rotatable bonds is 4. The molecule has 0 saturated heterocycles. The summed E-state index contributed by atoms with van der Waals surface area (Å²) in [6.07, 6.45) is 31.3. The van der Waals surface area contributed by atoms with E-state index >= 15 is 0 Å². The van der Waals surface area contributed by atoms with Crippen LogP contribution in [0, 0.1) is 12.2 Å². The Kier molecular flexibility index (Phi) is 20.8. The molecule has 5 rings (SSSR count). The van der Waals surface area contributed by atoms with E-state index in [2.05, 4.69) is 91.1 Å². The summed E-state index contributed by atoms with van der Waals surface area (Å²) < 4.78 is 1.47. The fraction of sp³-hybridized carbons (Fsp3) is 0.364. The van der Waals surface area contributed by atoms with Gasteiger partial charge in [0.25, 0.3) is 0 Å². The Labute approximate surface area is 262 Å². The van der Waals surface area contributed by atoms with Crippen LogP contribution < -0.4 is 4.46 Å². The summed E-state index contributed by atoms with van der Waals surface area (Å²) in [5, 5.41) is 1.99. The van der Waals surface area contributed by atoms with E-state index in [1.54, 1.807) is 0 Å². The summed E-state index contributed by atoms with van der Waals surface area (Å²) in [4.78, 5) is 4.89. The van der Waals surface area contributed by atoms with E-state index in [-0.39, 0.29) is 33.0 Å². The van der Waals surface area contributed by atoms with Gasteiger partial charge >= 0.3 is 131 Å². The first-order chi connectivity index (χ1) is 17.8. The van der Waals surface area contributed by atoms with Gasteiger partial charge in [-0.05, 0) is 12.8 Å². The number of benzene rings is 2. The maximum Gasteiger partial charge on any atom is 0 e. The van der Waals surface area contributed by atoms with Gasteiger partial charge in [-0.3, -0.25) is 12.2 Å². The molecule has 0 spiro atoms. The number of halogens is 1. The molecule has 2 aromatic carbocycles. The molecular formula is C33H38ClNNi2Se-2. The Morgan fingerprint density at radius 3 is 1.92 bits per heavy atom. The van der Waals surface area contributed by atoms with Crippen molar-refractivity contribution in [1.82, 2.24) is 0 Å². The largest absolute Gasteiger partial charge is 0.500 e. The second-order valence-electron chi connectivity index (χ2n) is 8.89. The Bertz CT molecular complexity index is 933. The van der Waals surface area contributed by atoms with E-state index in [1.807, 2.05) is 12.1 Å². The molecule has 0 aromatic heterocycles. The molecule has 5 heteroatoms. The molecule has 2 aliphatic carbocycles. The summed E-state index contributed by atoms with van der Waals surface area (Å²) in [6.45, 7) is 0. The molecule has 0 N–H and O–H groups in total. The third kappa shape index (κ3) is 15.5. The maximum atomic E-state index is 5.93. The van der Waals surface area contributed by atoms with E-state index in [1.165, 1.54) is 66.0 Å². The molecule has 1 heterocycles. The number of hydrogen-bond acceptors (Lipinski definition) is 1. The van der Waals surface area contributed by atoms with Crippen molar-refractivity contribution >= 4 is 36.7 Å². The maximum absolute atomic E-state index is 5.93. The zero-order valence-electron chi connectivity index (χ0n) is 21.9. The molecule has 0 radical (unpaired) electrons. The van der Waals surface area contributed by atoms with Crippen molar-refractivity contribution in [2.45, 2.75) is 75.6 Å². The zero-order valence-corrected chi connectivity index (χ0v) is 26.3. The molecule has 210 valence electrons. The van der Waals surface area contributed by atoms with Gasteiger partial charge in [-0.2, -0.15) is 12.8 Å². The molecule has 0 bridgehead atoms. The van der Waals surface area contributed by atoms with Crippen molar-refractivity contribution in [3.63, 3.8) is 0 Å². The minimum atomic E-state index is 0. The van der Waals surface area contributed by atoms with Gasteiger partial charge in [-0.25, -0.2) is 0 Å². The van der Waals surface area contributed by atoms with Crippen LogP contribution in [0.5, 0.6) is 0 Å². The van der Waals surface area contributed by atoms with Gasteiger partial charge in [-0.15, -0.1) is 0 Å². The summed E-state index contributed by atoms with van der Waals surface area (Å²) in [6, 6.07) is 19.3. The van der Waals surface area contributed by atoms with Crippen LogP contribution in [-0.2, 0) is 33.0 Å². The van der Waals surface area contributed by atoms with Gasteiger partial charge in [0.15, 0.2) is 0 Å². The second kappa shape index (κ2) is 22.7. The average Bonchev–Trinajstić information content (AvgIpc) is 3.33. The van der Waals surface area contributed by atoms with Crippen molar-refractivity contribution in [2.75, 3.05) is 0 Å². The molecule has 0 saturated carbocycles. The molecule has 1 unspecified atom stereocenters. The van der Waals surface area contributed by atoms with Gasteiger partial charge in [0.05, 0.1) is 0 Å². The molecule has 38 heavy (non-hydrogen) atoms. The first-order valence-electron chi connectivity index (χ1n) is 13.2.